The number of carbonyl (C=O) groups excluding carboxylic acids is 1. The van der Waals surface area contributed by atoms with Crippen molar-refractivity contribution >= 4 is 44.8 Å². The molecule has 0 aliphatic carbocycles. The number of anilines is 2. The van der Waals surface area contributed by atoms with Crippen molar-refractivity contribution in [2.75, 3.05) is 17.2 Å². The molecular weight excluding hydrogens is 340 g/mol. The highest BCUT2D eigenvalue weighted by molar-refractivity contribution is 9.10. The topological polar surface area (TPSA) is 41.1 Å². The van der Waals surface area contributed by atoms with Gasteiger partial charge in [-0.05, 0) is 55.0 Å². The fourth-order valence-electron chi connectivity index (χ4n) is 1.68. The molecule has 0 aromatic heterocycles. The highest BCUT2D eigenvalue weighted by atomic mass is 79.9. The maximum atomic E-state index is 11.8. The summed E-state index contributed by atoms with van der Waals surface area (Å²) < 4.78 is 1.05. The van der Waals surface area contributed by atoms with Gasteiger partial charge in [0.15, 0.2) is 0 Å². The molecule has 1 amide bonds. The minimum atomic E-state index is -0.104. The third-order valence-electron chi connectivity index (χ3n) is 2.74. The highest BCUT2D eigenvalue weighted by Crippen LogP contribution is 2.20. The standard InChI is InChI=1S/C15H14BrClN2O/c1-10-8-13(6-7-14(10)16)18-9-15(20)19-12-4-2-11(17)3-5-12/h2-8,18H,9H2,1H3,(H,19,20). The van der Waals surface area contributed by atoms with Crippen molar-refractivity contribution in [2.45, 2.75) is 6.92 Å². The molecule has 0 aliphatic rings. The first-order chi connectivity index (χ1) is 9.54. The van der Waals surface area contributed by atoms with Crippen LogP contribution in [0.25, 0.3) is 0 Å². The molecule has 3 nitrogen and oxygen atoms in total. The zero-order valence-electron chi connectivity index (χ0n) is 10.9. The summed E-state index contributed by atoms with van der Waals surface area (Å²) in [5.41, 5.74) is 2.76. The van der Waals surface area contributed by atoms with E-state index in [4.69, 9.17) is 11.6 Å². The second-order valence-electron chi connectivity index (χ2n) is 4.37. The van der Waals surface area contributed by atoms with E-state index in [2.05, 4.69) is 26.6 Å². The van der Waals surface area contributed by atoms with E-state index in [9.17, 15) is 4.79 Å². The van der Waals surface area contributed by atoms with Crippen LogP contribution in [0.3, 0.4) is 0 Å². The Kier molecular flexibility index (Phi) is 5.04. The maximum Gasteiger partial charge on any atom is 0.243 e. The molecular formula is C15H14BrClN2O. The predicted molar refractivity (Wildman–Crippen MR) is 87.5 cm³/mol. The first-order valence-electron chi connectivity index (χ1n) is 6.10. The minimum Gasteiger partial charge on any atom is -0.376 e. The first kappa shape index (κ1) is 14.9. The Morgan fingerprint density at radius 2 is 1.80 bits per heavy atom. The van der Waals surface area contributed by atoms with Gasteiger partial charge in [0.1, 0.15) is 0 Å². The predicted octanol–water partition coefficient (Wildman–Crippen LogP) is 4.46. The van der Waals surface area contributed by atoms with Crippen molar-refractivity contribution in [2.24, 2.45) is 0 Å². The Morgan fingerprint density at radius 3 is 2.45 bits per heavy atom. The molecule has 0 saturated carbocycles. The zero-order valence-corrected chi connectivity index (χ0v) is 13.3. The number of hydrogen-bond acceptors (Lipinski definition) is 2. The number of rotatable bonds is 4. The lowest BCUT2D eigenvalue weighted by molar-refractivity contribution is -0.114. The summed E-state index contributed by atoms with van der Waals surface area (Å²) in [7, 11) is 0. The molecule has 0 heterocycles. The van der Waals surface area contributed by atoms with Gasteiger partial charge < -0.3 is 10.6 Å². The molecule has 2 aromatic rings. The van der Waals surface area contributed by atoms with Crippen LogP contribution < -0.4 is 10.6 Å². The van der Waals surface area contributed by atoms with Gasteiger partial charge in [0.2, 0.25) is 5.91 Å². The molecule has 5 heteroatoms. The van der Waals surface area contributed by atoms with Gasteiger partial charge in [-0.25, -0.2) is 0 Å². The van der Waals surface area contributed by atoms with E-state index >= 15 is 0 Å². The van der Waals surface area contributed by atoms with Gasteiger partial charge in [-0.3, -0.25) is 4.79 Å². The van der Waals surface area contributed by atoms with Gasteiger partial charge in [-0.2, -0.15) is 0 Å². The molecule has 20 heavy (non-hydrogen) atoms. The number of nitrogens with one attached hydrogen (secondary N) is 2. The van der Waals surface area contributed by atoms with Gasteiger partial charge >= 0.3 is 0 Å². The SMILES string of the molecule is Cc1cc(NCC(=O)Nc2ccc(Cl)cc2)ccc1Br. The summed E-state index contributed by atoms with van der Waals surface area (Å²) in [6.07, 6.45) is 0. The Bertz CT molecular complexity index is 614. The van der Waals surface area contributed by atoms with E-state index in [1.54, 1.807) is 24.3 Å². The smallest absolute Gasteiger partial charge is 0.243 e. The van der Waals surface area contributed by atoms with Gasteiger partial charge in [0.25, 0.3) is 0 Å². The monoisotopic (exact) mass is 352 g/mol. The Balaban J connectivity index is 1.88. The quantitative estimate of drug-likeness (QED) is 0.852. The third-order valence-corrected chi connectivity index (χ3v) is 3.88. The molecule has 0 unspecified atom stereocenters. The number of amides is 1. The van der Waals surface area contributed by atoms with E-state index in [0.717, 1.165) is 21.4 Å². The molecule has 0 fully saturated rings. The van der Waals surface area contributed by atoms with Crippen molar-refractivity contribution in [3.63, 3.8) is 0 Å². The summed E-state index contributed by atoms with van der Waals surface area (Å²) >= 11 is 9.23. The Morgan fingerprint density at radius 1 is 1.15 bits per heavy atom. The second-order valence-corrected chi connectivity index (χ2v) is 5.66. The summed E-state index contributed by atoms with van der Waals surface area (Å²) in [4.78, 5) is 11.8. The van der Waals surface area contributed by atoms with Crippen LogP contribution in [-0.2, 0) is 4.79 Å². The number of aryl methyl sites for hydroxylation is 1. The molecule has 0 saturated heterocycles. The van der Waals surface area contributed by atoms with Crippen LogP contribution in [0.4, 0.5) is 11.4 Å². The molecule has 2 N–H and O–H groups in total. The Labute approximate surface area is 131 Å². The normalized spacial score (nSPS) is 10.2. The van der Waals surface area contributed by atoms with E-state index in [1.807, 2.05) is 25.1 Å². The van der Waals surface area contributed by atoms with Gasteiger partial charge in [-0.15, -0.1) is 0 Å². The van der Waals surface area contributed by atoms with Crippen molar-refractivity contribution in [3.05, 3.63) is 57.5 Å². The van der Waals surface area contributed by atoms with Gasteiger partial charge in [-0.1, -0.05) is 27.5 Å². The van der Waals surface area contributed by atoms with Crippen molar-refractivity contribution in [3.8, 4) is 0 Å². The largest absolute Gasteiger partial charge is 0.376 e. The summed E-state index contributed by atoms with van der Waals surface area (Å²) in [6.45, 7) is 2.22. The molecule has 2 rings (SSSR count). The fourth-order valence-corrected chi connectivity index (χ4v) is 2.05. The molecule has 0 bridgehead atoms. The lowest BCUT2D eigenvalue weighted by Crippen LogP contribution is -2.21. The van der Waals surface area contributed by atoms with Crippen LogP contribution in [0.2, 0.25) is 5.02 Å². The van der Waals surface area contributed by atoms with Crippen LogP contribution in [-0.4, -0.2) is 12.5 Å². The van der Waals surface area contributed by atoms with Crippen molar-refractivity contribution in [1.82, 2.24) is 0 Å². The lowest BCUT2D eigenvalue weighted by Gasteiger charge is -2.09. The molecule has 0 radical (unpaired) electrons. The van der Waals surface area contributed by atoms with E-state index < -0.39 is 0 Å². The molecule has 104 valence electrons. The summed E-state index contributed by atoms with van der Waals surface area (Å²) in [5, 5.41) is 6.53. The lowest BCUT2D eigenvalue weighted by atomic mass is 10.2. The molecule has 2 aromatic carbocycles. The number of hydrogen-bond donors (Lipinski definition) is 2. The first-order valence-corrected chi connectivity index (χ1v) is 7.27. The van der Waals surface area contributed by atoms with Crippen LogP contribution in [0.5, 0.6) is 0 Å². The minimum absolute atomic E-state index is 0.104. The second kappa shape index (κ2) is 6.77. The summed E-state index contributed by atoms with van der Waals surface area (Å²) in [5.74, 6) is -0.104. The zero-order chi connectivity index (χ0) is 14.5. The van der Waals surface area contributed by atoms with E-state index in [-0.39, 0.29) is 12.5 Å². The van der Waals surface area contributed by atoms with Crippen molar-refractivity contribution < 1.29 is 4.79 Å². The van der Waals surface area contributed by atoms with Crippen LogP contribution in [0.1, 0.15) is 5.56 Å². The van der Waals surface area contributed by atoms with Crippen LogP contribution >= 0.6 is 27.5 Å². The van der Waals surface area contributed by atoms with Gasteiger partial charge in [0, 0.05) is 20.9 Å². The number of carbonyl (C=O) groups is 1. The molecule has 0 aliphatic heterocycles. The third kappa shape index (κ3) is 4.25. The van der Waals surface area contributed by atoms with Crippen molar-refractivity contribution in [1.29, 1.82) is 0 Å². The van der Waals surface area contributed by atoms with Gasteiger partial charge in [0.05, 0.1) is 6.54 Å². The maximum absolute atomic E-state index is 11.8. The Hall–Kier alpha value is -1.52. The number of halogens is 2. The number of benzene rings is 2. The average molecular weight is 354 g/mol. The molecule has 0 atom stereocenters. The fraction of sp³-hybridized carbons (Fsp3) is 0.133. The van der Waals surface area contributed by atoms with E-state index in [0.29, 0.717) is 5.02 Å². The summed E-state index contributed by atoms with van der Waals surface area (Å²) in [6, 6.07) is 12.9. The average Bonchev–Trinajstić information content (AvgIpc) is 2.43. The van der Waals surface area contributed by atoms with E-state index in [1.165, 1.54) is 0 Å². The van der Waals surface area contributed by atoms with Crippen LogP contribution in [0, 0.1) is 6.92 Å². The highest BCUT2D eigenvalue weighted by Gasteiger charge is 2.03. The molecule has 0 spiro atoms. The van der Waals surface area contributed by atoms with Crippen LogP contribution in [0.15, 0.2) is 46.9 Å².